The van der Waals surface area contributed by atoms with Crippen LogP contribution in [-0.2, 0) is 4.79 Å². The summed E-state index contributed by atoms with van der Waals surface area (Å²) < 4.78 is 0.931. The lowest BCUT2D eigenvalue weighted by Crippen LogP contribution is -2.50. The van der Waals surface area contributed by atoms with Crippen LogP contribution >= 0.6 is 45.8 Å². The van der Waals surface area contributed by atoms with Crippen molar-refractivity contribution in [1.29, 1.82) is 0 Å². The number of carbonyl (C=O) groups is 2. The average molecular weight is 546 g/mol. The lowest BCUT2D eigenvalue weighted by Gasteiger charge is -2.37. The normalized spacial score (nSPS) is 14.3. The van der Waals surface area contributed by atoms with E-state index in [1.807, 2.05) is 36.9 Å². The van der Waals surface area contributed by atoms with E-state index in [4.69, 9.17) is 23.2 Å². The van der Waals surface area contributed by atoms with E-state index in [1.54, 1.807) is 18.2 Å². The number of hydrogen-bond donors (Lipinski definition) is 1. The first-order chi connectivity index (χ1) is 13.8. The Bertz CT molecular complexity index is 928. The molecule has 3 rings (SSSR count). The summed E-state index contributed by atoms with van der Waals surface area (Å²) in [5, 5.41) is 3.81. The number of amides is 2. The van der Waals surface area contributed by atoms with E-state index in [0.717, 1.165) is 22.3 Å². The Kier molecular flexibility index (Phi) is 7.29. The lowest BCUT2D eigenvalue weighted by atomic mass is 10.1. The van der Waals surface area contributed by atoms with E-state index in [9.17, 15) is 9.59 Å². The number of rotatable bonds is 4. The lowest BCUT2D eigenvalue weighted by molar-refractivity contribution is -0.134. The van der Waals surface area contributed by atoms with Crippen LogP contribution in [0.5, 0.6) is 0 Å². The molecule has 1 aliphatic heterocycles. The van der Waals surface area contributed by atoms with Crippen molar-refractivity contribution < 1.29 is 9.59 Å². The molecule has 154 valence electrons. The third-order valence-corrected chi connectivity index (χ3v) is 6.11. The van der Waals surface area contributed by atoms with Crippen LogP contribution in [0.3, 0.4) is 0 Å². The van der Waals surface area contributed by atoms with Crippen molar-refractivity contribution in [1.82, 2.24) is 4.90 Å². The Labute approximate surface area is 194 Å². The Morgan fingerprint density at radius 3 is 2.31 bits per heavy atom. The third kappa shape index (κ3) is 5.35. The van der Waals surface area contributed by atoms with Crippen LogP contribution in [0.25, 0.3) is 0 Å². The molecule has 0 radical (unpaired) electrons. The van der Waals surface area contributed by atoms with E-state index < -0.39 is 0 Å². The van der Waals surface area contributed by atoms with Gasteiger partial charge in [0.15, 0.2) is 0 Å². The number of halogens is 3. The van der Waals surface area contributed by atoms with Crippen LogP contribution in [0, 0.1) is 9.49 Å². The highest BCUT2D eigenvalue weighted by atomic mass is 127. The molecule has 2 aromatic rings. The molecule has 0 unspecified atom stereocenters. The van der Waals surface area contributed by atoms with Gasteiger partial charge in [0.05, 0.1) is 21.3 Å². The Balaban J connectivity index is 1.67. The number of anilines is 2. The molecule has 0 aromatic heterocycles. The molecule has 5 nitrogen and oxygen atoms in total. The van der Waals surface area contributed by atoms with Gasteiger partial charge >= 0.3 is 0 Å². The Morgan fingerprint density at radius 2 is 1.69 bits per heavy atom. The number of nitrogens with one attached hydrogen (secondary N) is 1. The standard InChI is InChI=1S/C21H22Cl2IN3O2/c1-13(2)21(29)27-9-7-26(8-10-27)19-6-4-15(12-18(19)23)25-20(28)16-11-14(24)3-5-17(16)22/h3-6,11-13H,7-10H2,1-2H3,(H,25,28). The topological polar surface area (TPSA) is 52.7 Å². The minimum atomic E-state index is -0.279. The van der Waals surface area contributed by atoms with Gasteiger partial charge < -0.3 is 15.1 Å². The monoisotopic (exact) mass is 545 g/mol. The number of hydrogen-bond acceptors (Lipinski definition) is 3. The summed E-state index contributed by atoms with van der Waals surface area (Å²) in [6, 6.07) is 10.8. The maximum absolute atomic E-state index is 12.6. The van der Waals surface area contributed by atoms with Gasteiger partial charge in [-0.2, -0.15) is 0 Å². The first kappa shape index (κ1) is 22.2. The summed E-state index contributed by atoms with van der Waals surface area (Å²) in [6.07, 6.45) is 0. The largest absolute Gasteiger partial charge is 0.367 e. The van der Waals surface area contributed by atoms with Crippen LogP contribution in [-0.4, -0.2) is 42.9 Å². The van der Waals surface area contributed by atoms with Gasteiger partial charge in [0.1, 0.15) is 0 Å². The summed E-state index contributed by atoms with van der Waals surface area (Å²) >= 11 is 14.8. The second-order valence-corrected chi connectivity index (χ2v) is 9.27. The maximum Gasteiger partial charge on any atom is 0.257 e. The first-order valence-electron chi connectivity index (χ1n) is 9.36. The number of benzene rings is 2. The number of carbonyl (C=O) groups excluding carboxylic acids is 2. The molecule has 0 bridgehead atoms. The van der Waals surface area contributed by atoms with E-state index in [1.165, 1.54) is 0 Å². The van der Waals surface area contributed by atoms with Gasteiger partial charge in [-0.15, -0.1) is 0 Å². The predicted molar refractivity (Wildman–Crippen MR) is 127 cm³/mol. The molecule has 29 heavy (non-hydrogen) atoms. The summed E-state index contributed by atoms with van der Waals surface area (Å²) in [4.78, 5) is 28.8. The predicted octanol–water partition coefficient (Wildman–Crippen LogP) is 5.15. The van der Waals surface area contributed by atoms with Crippen LogP contribution in [0.15, 0.2) is 36.4 Å². The minimum Gasteiger partial charge on any atom is -0.367 e. The fourth-order valence-corrected chi connectivity index (χ4v) is 4.24. The molecule has 0 atom stereocenters. The van der Waals surface area contributed by atoms with Gasteiger partial charge in [-0.1, -0.05) is 37.0 Å². The molecule has 0 spiro atoms. The van der Waals surface area contributed by atoms with Gasteiger partial charge in [-0.25, -0.2) is 0 Å². The van der Waals surface area contributed by atoms with Crippen LogP contribution in [0.1, 0.15) is 24.2 Å². The van der Waals surface area contributed by atoms with Gasteiger partial charge in [0, 0.05) is 41.4 Å². The van der Waals surface area contributed by atoms with Crippen molar-refractivity contribution in [3.63, 3.8) is 0 Å². The van der Waals surface area contributed by atoms with E-state index >= 15 is 0 Å². The second kappa shape index (κ2) is 9.53. The van der Waals surface area contributed by atoms with Crippen LogP contribution in [0.4, 0.5) is 11.4 Å². The van der Waals surface area contributed by atoms with Crippen molar-refractivity contribution in [3.8, 4) is 0 Å². The second-order valence-electron chi connectivity index (χ2n) is 7.21. The smallest absolute Gasteiger partial charge is 0.257 e. The average Bonchev–Trinajstić information content (AvgIpc) is 2.69. The molecule has 1 heterocycles. The Hall–Kier alpha value is -1.51. The number of piperazine rings is 1. The quantitative estimate of drug-likeness (QED) is 0.540. The summed E-state index contributed by atoms with van der Waals surface area (Å²) in [6.45, 7) is 6.64. The molecule has 0 aliphatic carbocycles. The molecule has 1 N–H and O–H groups in total. The zero-order valence-electron chi connectivity index (χ0n) is 16.2. The molecule has 0 saturated carbocycles. The summed E-state index contributed by atoms with van der Waals surface area (Å²) in [5.74, 6) is -0.0874. The van der Waals surface area contributed by atoms with Crippen molar-refractivity contribution in [2.24, 2.45) is 5.92 Å². The van der Waals surface area contributed by atoms with Gasteiger partial charge in [0.25, 0.3) is 5.91 Å². The first-order valence-corrected chi connectivity index (χ1v) is 11.2. The Morgan fingerprint density at radius 1 is 1.00 bits per heavy atom. The molecular formula is C21H22Cl2IN3O2. The van der Waals surface area contributed by atoms with Crippen molar-refractivity contribution in [2.45, 2.75) is 13.8 Å². The summed E-state index contributed by atoms with van der Waals surface area (Å²) in [7, 11) is 0. The highest BCUT2D eigenvalue weighted by molar-refractivity contribution is 14.1. The van der Waals surface area contributed by atoms with Crippen molar-refractivity contribution in [3.05, 3.63) is 55.6 Å². The maximum atomic E-state index is 12.6. The molecule has 1 saturated heterocycles. The minimum absolute atomic E-state index is 0.00873. The summed E-state index contributed by atoms with van der Waals surface area (Å²) in [5.41, 5.74) is 1.92. The van der Waals surface area contributed by atoms with Gasteiger partial charge in [-0.05, 0) is 59.0 Å². The van der Waals surface area contributed by atoms with E-state index in [2.05, 4.69) is 32.8 Å². The molecular weight excluding hydrogens is 524 g/mol. The third-order valence-electron chi connectivity index (χ3n) is 4.80. The molecule has 1 aliphatic rings. The zero-order chi connectivity index (χ0) is 21.1. The molecule has 1 fully saturated rings. The van der Waals surface area contributed by atoms with Gasteiger partial charge in [-0.3, -0.25) is 9.59 Å². The van der Waals surface area contributed by atoms with Crippen LogP contribution < -0.4 is 10.2 Å². The van der Waals surface area contributed by atoms with E-state index in [0.29, 0.717) is 34.4 Å². The molecule has 8 heteroatoms. The SMILES string of the molecule is CC(C)C(=O)N1CCN(c2ccc(NC(=O)c3cc(I)ccc3Cl)cc2Cl)CC1. The zero-order valence-corrected chi connectivity index (χ0v) is 19.9. The van der Waals surface area contributed by atoms with E-state index in [-0.39, 0.29) is 17.7 Å². The fourth-order valence-electron chi connectivity index (χ4n) is 3.24. The van der Waals surface area contributed by atoms with Crippen LogP contribution in [0.2, 0.25) is 10.0 Å². The fraction of sp³-hybridized carbons (Fsp3) is 0.333. The van der Waals surface area contributed by atoms with Crippen molar-refractivity contribution >= 4 is 69.0 Å². The number of nitrogens with zero attached hydrogens (tertiary/aromatic N) is 2. The molecule has 2 aromatic carbocycles. The van der Waals surface area contributed by atoms with Gasteiger partial charge in [0.2, 0.25) is 5.91 Å². The van der Waals surface area contributed by atoms with Crippen molar-refractivity contribution in [2.75, 3.05) is 36.4 Å². The highest BCUT2D eigenvalue weighted by Gasteiger charge is 2.24. The molecule has 2 amide bonds. The highest BCUT2D eigenvalue weighted by Crippen LogP contribution is 2.30.